The number of anilines is 1. The number of aromatic nitrogens is 2. The minimum atomic E-state index is 0.705. The Kier molecular flexibility index (Phi) is 3.15. The van der Waals surface area contributed by atoms with Crippen LogP contribution >= 0.6 is 11.6 Å². The van der Waals surface area contributed by atoms with E-state index in [4.69, 9.17) is 11.6 Å². The zero-order valence-electron chi connectivity index (χ0n) is 9.07. The van der Waals surface area contributed by atoms with E-state index in [9.17, 15) is 0 Å². The minimum absolute atomic E-state index is 0.705. The molecule has 1 aromatic carbocycles. The van der Waals surface area contributed by atoms with E-state index in [1.807, 2.05) is 37.4 Å². The molecule has 0 fully saturated rings. The fraction of sp³-hybridized carbons (Fsp3) is 0.167. The third-order valence-corrected chi connectivity index (χ3v) is 2.57. The summed E-state index contributed by atoms with van der Waals surface area (Å²) in [4.78, 5) is 0. The van der Waals surface area contributed by atoms with Crippen molar-refractivity contribution in [2.75, 3.05) is 5.32 Å². The highest BCUT2D eigenvalue weighted by Gasteiger charge is 2.00. The van der Waals surface area contributed by atoms with Crippen LogP contribution in [-0.4, -0.2) is 9.78 Å². The van der Waals surface area contributed by atoms with E-state index in [1.165, 1.54) is 0 Å². The molecule has 1 aromatic heterocycles. The van der Waals surface area contributed by atoms with E-state index in [-0.39, 0.29) is 0 Å². The van der Waals surface area contributed by atoms with Crippen molar-refractivity contribution in [2.24, 2.45) is 7.05 Å². The van der Waals surface area contributed by atoms with Gasteiger partial charge in [0.25, 0.3) is 0 Å². The topological polar surface area (TPSA) is 29.9 Å². The van der Waals surface area contributed by atoms with Gasteiger partial charge in [0.05, 0.1) is 0 Å². The molecule has 1 N–H and O–H groups in total. The quantitative estimate of drug-likeness (QED) is 0.885. The number of hydrogen-bond acceptors (Lipinski definition) is 2. The summed E-state index contributed by atoms with van der Waals surface area (Å²) >= 11 is 5.90. The number of aryl methyl sites for hydroxylation is 1. The largest absolute Gasteiger partial charge is 0.365 e. The van der Waals surface area contributed by atoms with Crippen molar-refractivity contribution < 1.29 is 0 Å². The molecule has 3 nitrogen and oxygen atoms in total. The second-order valence-corrected chi connectivity index (χ2v) is 4.06. The Hall–Kier alpha value is -1.48. The molecule has 0 aliphatic carbocycles. The van der Waals surface area contributed by atoms with Gasteiger partial charge in [0.15, 0.2) is 0 Å². The van der Waals surface area contributed by atoms with Crippen LogP contribution < -0.4 is 5.32 Å². The molecular formula is C12H13ClN3. The van der Waals surface area contributed by atoms with E-state index < -0.39 is 0 Å². The molecule has 2 rings (SSSR count). The number of rotatable bonds is 3. The van der Waals surface area contributed by atoms with Crippen molar-refractivity contribution in [3.05, 3.63) is 53.5 Å². The van der Waals surface area contributed by atoms with Gasteiger partial charge in [-0.2, -0.15) is 5.10 Å². The normalized spacial score (nSPS) is 10.4. The summed E-state index contributed by atoms with van der Waals surface area (Å²) in [5.74, 6) is 0.826. The highest BCUT2D eigenvalue weighted by atomic mass is 35.5. The molecule has 0 aliphatic rings. The molecule has 0 spiro atoms. The Balaban J connectivity index is 2.02. The van der Waals surface area contributed by atoms with Gasteiger partial charge >= 0.3 is 0 Å². The minimum Gasteiger partial charge on any atom is -0.365 e. The molecule has 0 unspecified atom stereocenters. The lowest BCUT2D eigenvalue weighted by molar-refractivity contribution is 0.754. The van der Waals surface area contributed by atoms with E-state index >= 15 is 0 Å². The first-order chi connectivity index (χ1) is 7.65. The molecule has 0 amide bonds. The fourth-order valence-electron chi connectivity index (χ4n) is 1.43. The highest BCUT2D eigenvalue weighted by Crippen LogP contribution is 2.13. The van der Waals surface area contributed by atoms with Crippen LogP contribution in [0.4, 0.5) is 5.82 Å². The maximum atomic E-state index is 5.90. The Bertz CT molecular complexity index is 471. The average molecular weight is 235 g/mol. The van der Waals surface area contributed by atoms with Gasteiger partial charge in [-0.1, -0.05) is 23.7 Å². The maximum absolute atomic E-state index is 5.90. The second-order valence-electron chi connectivity index (χ2n) is 3.63. The molecule has 16 heavy (non-hydrogen) atoms. The van der Waals surface area contributed by atoms with Crippen molar-refractivity contribution in [1.82, 2.24) is 9.78 Å². The molecule has 0 bridgehead atoms. The Labute approximate surface area is 100 Å². The van der Waals surface area contributed by atoms with Crippen LogP contribution in [-0.2, 0) is 13.6 Å². The molecule has 4 heteroatoms. The van der Waals surface area contributed by atoms with Crippen LogP contribution in [0, 0.1) is 6.92 Å². The number of halogens is 1. The van der Waals surface area contributed by atoms with E-state index in [0.717, 1.165) is 22.1 Å². The lowest BCUT2D eigenvalue weighted by atomic mass is 10.2. The first-order valence-electron chi connectivity index (χ1n) is 4.99. The summed E-state index contributed by atoms with van der Waals surface area (Å²) in [5, 5.41) is 8.23. The summed E-state index contributed by atoms with van der Waals surface area (Å²) < 4.78 is 1.74. The van der Waals surface area contributed by atoms with Gasteiger partial charge in [-0.05, 0) is 24.6 Å². The second kappa shape index (κ2) is 4.58. The molecule has 1 heterocycles. The van der Waals surface area contributed by atoms with Crippen molar-refractivity contribution in [3.63, 3.8) is 0 Å². The Morgan fingerprint density at radius 2 is 2.25 bits per heavy atom. The van der Waals surface area contributed by atoms with Crippen LogP contribution in [0.25, 0.3) is 0 Å². The average Bonchev–Trinajstić information content (AvgIpc) is 2.56. The van der Waals surface area contributed by atoms with Crippen molar-refractivity contribution in [1.29, 1.82) is 0 Å². The summed E-state index contributed by atoms with van der Waals surface area (Å²) in [6.07, 6.45) is 0. The number of benzene rings is 1. The summed E-state index contributed by atoms with van der Waals surface area (Å²) in [7, 11) is 1.87. The number of hydrogen-bond donors (Lipinski definition) is 1. The van der Waals surface area contributed by atoms with E-state index in [1.54, 1.807) is 4.68 Å². The van der Waals surface area contributed by atoms with E-state index in [2.05, 4.69) is 17.3 Å². The lowest BCUT2D eigenvalue weighted by Crippen LogP contribution is -2.00. The smallest absolute Gasteiger partial charge is 0.148 e. The molecule has 0 saturated heterocycles. The van der Waals surface area contributed by atoms with Crippen molar-refractivity contribution >= 4 is 17.4 Å². The zero-order valence-corrected chi connectivity index (χ0v) is 9.83. The molecule has 2 aromatic rings. The van der Waals surface area contributed by atoms with E-state index in [0.29, 0.717) is 6.54 Å². The van der Waals surface area contributed by atoms with Gasteiger partial charge in [-0.3, -0.25) is 4.68 Å². The Morgan fingerprint density at radius 1 is 1.44 bits per heavy atom. The third-order valence-electron chi connectivity index (χ3n) is 2.34. The molecule has 0 saturated carbocycles. The number of nitrogens with one attached hydrogen (secondary N) is 1. The summed E-state index contributed by atoms with van der Waals surface area (Å²) in [6.45, 7) is 4.55. The van der Waals surface area contributed by atoms with Gasteiger partial charge < -0.3 is 5.32 Å². The van der Waals surface area contributed by atoms with Gasteiger partial charge in [0, 0.05) is 30.4 Å². The predicted octanol–water partition coefficient (Wildman–Crippen LogP) is 2.87. The van der Waals surface area contributed by atoms with Gasteiger partial charge in [0.2, 0.25) is 0 Å². The molecule has 0 aliphatic heterocycles. The molecule has 0 atom stereocenters. The highest BCUT2D eigenvalue weighted by molar-refractivity contribution is 6.30. The van der Waals surface area contributed by atoms with Gasteiger partial charge in [-0.15, -0.1) is 0 Å². The molecule has 1 radical (unpaired) electrons. The van der Waals surface area contributed by atoms with Crippen LogP contribution in [0.3, 0.4) is 0 Å². The number of nitrogens with zero attached hydrogens (tertiary/aromatic N) is 2. The first-order valence-corrected chi connectivity index (χ1v) is 5.37. The standard InChI is InChI=1S/C12H13ClN3/c1-9-6-12(15-16(9)2)14-8-10-4-3-5-11(13)7-10/h3-7H,1,8H2,2H3,(H,14,15). The zero-order chi connectivity index (χ0) is 11.5. The molecule has 83 valence electrons. The van der Waals surface area contributed by atoms with Crippen LogP contribution in [0.5, 0.6) is 0 Å². The SMILES string of the molecule is [CH2]c1cc(NCc2cccc(Cl)c2)nn1C. The Morgan fingerprint density at radius 3 is 2.88 bits per heavy atom. The first kappa shape index (κ1) is 11.0. The van der Waals surface area contributed by atoms with Crippen molar-refractivity contribution in [3.8, 4) is 0 Å². The van der Waals surface area contributed by atoms with Crippen LogP contribution in [0.1, 0.15) is 11.3 Å². The lowest BCUT2D eigenvalue weighted by Gasteiger charge is -2.03. The third kappa shape index (κ3) is 2.55. The predicted molar refractivity (Wildman–Crippen MR) is 66.4 cm³/mol. The van der Waals surface area contributed by atoms with Crippen molar-refractivity contribution in [2.45, 2.75) is 6.54 Å². The monoisotopic (exact) mass is 234 g/mol. The van der Waals surface area contributed by atoms with Gasteiger partial charge in [-0.25, -0.2) is 0 Å². The molecular weight excluding hydrogens is 222 g/mol. The maximum Gasteiger partial charge on any atom is 0.148 e. The summed E-state index contributed by atoms with van der Waals surface area (Å²) in [5.41, 5.74) is 2.01. The van der Waals surface area contributed by atoms with Crippen LogP contribution in [0.2, 0.25) is 5.02 Å². The van der Waals surface area contributed by atoms with Gasteiger partial charge in [0.1, 0.15) is 5.82 Å². The van der Waals surface area contributed by atoms with Crippen LogP contribution in [0.15, 0.2) is 30.3 Å². The fourth-order valence-corrected chi connectivity index (χ4v) is 1.64. The summed E-state index contributed by atoms with van der Waals surface area (Å²) in [6, 6.07) is 9.66.